The maximum atomic E-state index is 12.3. The largest absolute Gasteiger partial charge is 0.454 e. The summed E-state index contributed by atoms with van der Waals surface area (Å²) in [6.07, 6.45) is 7.33. The third-order valence-electron chi connectivity index (χ3n) is 4.98. The van der Waals surface area contributed by atoms with Gasteiger partial charge in [-0.15, -0.1) is 0 Å². The van der Waals surface area contributed by atoms with Crippen molar-refractivity contribution in [3.8, 4) is 0 Å². The Morgan fingerprint density at radius 3 is 2.21 bits per heavy atom. The van der Waals surface area contributed by atoms with Crippen molar-refractivity contribution >= 4 is 5.97 Å². The van der Waals surface area contributed by atoms with E-state index < -0.39 is 11.0 Å². The topological polar surface area (TPSA) is 26.3 Å². The smallest absolute Gasteiger partial charge is 0.312 e. The van der Waals surface area contributed by atoms with E-state index in [9.17, 15) is 4.79 Å². The van der Waals surface area contributed by atoms with E-state index in [2.05, 4.69) is 13.5 Å². The van der Waals surface area contributed by atoms with Crippen LogP contribution in [0.4, 0.5) is 0 Å². The van der Waals surface area contributed by atoms with Crippen LogP contribution in [0.5, 0.6) is 0 Å². The summed E-state index contributed by atoms with van der Waals surface area (Å²) in [6.45, 7) is 14.1. The lowest BCUT2D eigenvalue weighted by Gasteiger charge is -2.40. The molecule has 19 heavy (non-hydrogen) atoms. The van der Waals surface area contributed by atoms with E-state index in [-0.39, 0.29) is 5.97 Å². The Labute approximate surface area is 118 Å². The van der Waals surface area contributed by atoms with Gasteiger partial charge in [-0.25, -0.2) is 0 Å². The molecule has 0 aromatic carbocycles. The highest BCUT2D eigenvalue weighted by Crippen LogP contribution is 2.39. The lowest BCUT2D eigenvalue weighted by Crippen LogP contribution is -2.42. The van der Waals surface area contributed by atoms with E-state index in [1.165, 1.54) is 12.8 Å². The van der Waals surface area contributed by atoms with Crippen molar-refractivity contribution in [2.45, 2.75) is 72.3 Å². The summed E-state index contributed by atoms with van der Waals surface area (Å²) >= 11 is 0. The summed E-state index contributed by atoms with van der Waals surface area (Å²) in [5.41, 5.74) is -0.921. The maximum absolute atomic E-state index is 12.3. The van der Waals surface area contributed by atoms with Crippen LogP contribution in [0.15, 0.2) is 12.7 Å². The average molecular weight is 266 g/mol. The van der Waals surface area contributed by atoms with E-state index in [1.54, 1.807) is 0 Å². The van der Waals surface area contributed by atoms with Crippen molar-refractivity contribution in [1.82, 2.24) is 0 Å². The first kappa shape index (κ1) is 16.3. The van der Waals surface area contributed by atoms with Gasteiger partial charge >= 0.3 is 5.97 Å². The summed E-state index contributed by atoms with van der Waals surface area (Å²) in [6, 6.07) is 0. The number of carbonyl (C=O) groups excluding carboxylic acids is 1. The van der Waals surface area contributed by atoms with E-state index >= 15 is 0 Å². The molecule has 0 amide bonds. The average Bonchev–Trinajstić information content (AvgIpc) is 2.39. The maximum Gasteiger partial charge on any atom is 0.312 e. The fraction of sp³-hybridized carbons (Fsp3) is 0.824. The predicted molar refractivity (Wildman–Crippen MR) is 79.9 cm³/mol. The molecular weight excluding hydrogens is 236 g/mol. The van der Waals surface area contributed by atoms with E-state index in [0.29, 0.717) is 5.92 Å². The quantitative estimate of drug-likeness (QED) is 0.531. The van der Waals surface area contributed by atoms with Gasteiger partial charge in [0.15, 0.2) is 0 Å². The first-order valence-corrected chi connectivity index (χ1v) is 7.62. The minimum atomic E-state index is -0.510. The number of esters is 1. The highest BCUT2D eigenvalue weighted by Gasteiger charge is 2.40. The second-order valence-electron chi connectivity index (χ2n) is 6.97. The molecule has 1 saturated carbocycles. The van der Waals surface area contributed by atoms with Crippen molar-refractivity contribution in [1.29, 1.82) is 0 Å². The van der Waals surface area contributed by atoms with E-state index in [4.69, 9.17) is 4.74 Å². The SMILES string of the molecule is C=CC(C)(OC(=O)C(C)(C)CC)C1CCC(C)CC1. The van der Waals surface area contributed by atoms with Crippen LogP contribution in [0.25, 0.3) is 0 Å². The molecule has 2 heteroatoms. The molecule has 0 bridgehead atoms. The number of hydrogen-bond acceptors (Lipinski definition) is 2. The van der Waals surface area contributed by atoms with Crippen LogP contribution in [0.1, 0.15) is 66.7 Å². The minimum Gasteiger partial charge on any atom is -0.454 e. The van der Waals surface area contributed by atoms with Crippen molar-refractivity contribution in [2.75, 3.05) is 0 Å². The predicted octanol–water partition coefficient (Wildman–Crippen LogP) is 4.74. The fourth-order valence-electron chi connectivity index (χ4n) is 2.61. The van der Waals surface area contributed by atoms with Crippen LogP contribution >= 0.6 is 0 Å². The number of ether oxygens (including phenoxy) is 1. The van der Waals surface area contributed by atoms with Crippen molar-refractivity contribution in [2.24, 2.45) is 17.3 Å². The zero-order valence-electron chi connectivity index (χ0n) is 13.3. The molecular formula is C17H30O2. The monoisotopic (exact) mass is 266 g/mol. The summed E-state index contributed by atoms with van der Waals surface area (Å²) in [7, 11) is 0. The van der Waals surface area contributed by atoms with Crippen LogP contribution in [0.2, 0.25) is 0 Å². The Morgan fingerprint density at radius 1 is 1.26 bits per heavy atom. The number of hydrogen-bond donors (Lipinski definition) is 0. The van der Waals surface area contributed by atoms with Gasteiger partial charge in [-0.3, -0.25) is 4.79 Å². The van der Waals surface area contributed by atoms with Gasteiger partial charge in [0.05, 0.1) is 5.41 Å². The summed E-state index contributed by atoms with van der Waals surface area (Å²) < 4.78 is 5.86. The van der Waals surface area contributed by atoms with Gasteiger partial charge < -0.3 is 4.74 Å². The van der Waals surface area contributed by atoms with Gasteiger partial charge in [0, 0.05) is 5.92 Å². The third kappa shape index (κ3) is 3.84. The van der Waals surface area contributed by atoms with Gasteiger partial charge in [0.2, 0.25) is 0 Å². The Morgan fingerprint density at radius 2 is 1.79 bits per heavy atom. The molecule has 110 valence electrons. The molecule has 0 radical (unpaired) electrons. The minimum absolute atomic E-state index is 0.101. The standard InChI is InChI=1S/C17H30O2/c1-7-16(4,5)15(18)19-17(6,8-2)14-11-9-13(3)10-12-14/h8,13-14H,2,7,9-12H2,1,3-6H3. The van der Waals surface area contributed by atoms with Gasteiger partial charge in [0.25, 0.3) is 0 Å². The molecule has 0 aromatic heterocycles. The fourth-order valence-corrected chi connectivity index (χ4v) is 2.61. The zero-order chi connectivity index (χ0) is 14.7. The van der Waals surface area contributed by atoms with Crippen molar-refractivity contribution in [3.63, 3.8) is 0 Å². The molecule has 0 heterocycles. The lowest BCUT2D eigenvalue weighted by molar-refractivity contribution is -0.170. The third-order valence-corrected chi connectivity index (χ3v) is 4.98. The Bertz CT molecular complexity index is 324. The number of rotatable bonds is 5. The molecule has 0 saturated heterocycles. The van der Waals surface area contributed by atoms with Crippen LogP contribution < -0.4 is 0 Å². The van der Waals surface area contributed by atoms with Gasteiger partial charge in [-0.2, -0.15) is 0 Å². The van der Waals surface area contributed by atoms with Crippen molar-refractivity contribution in [3.05, 3.63) is 12.7 Å². The molecule has 1 aliphatic rings. The molecule has 1 aliphatic carbocycles. The van der Waals surface area contributed by atoms with E-state index in [1.807, 2.05) is 33.8 Å². The molecule has 1 unspecified atom stereocenters. The Kier molecular flexibility index (Phi) is 5.23. The van der Waals surface area contributed by atoms with Gasteiger partial charge in [-0.05, 0) is 52.0 Å². The Hall–Kier alpha value is -0.790. The normalized spacial score (nSPS) is 27.4. The first-order valence-electron chi connectivity index (χ1n) is 7.62. The van der Waals surface area contributed by atoms with E-state index in [0.717, 1.165) is 25.2 Å². The second kappa shape index (κ2) is 6.11. The molecule has 1 rings (SSSR count). The first-order chi connectivity index (χ1) is 8.75. The van der Waals surface area contributed by atoms with Crippen LogP contribution in [0, 0.1) is 17.3 Å². The summed E-state index contributed by atoms with van der Waals surface area (Å²) in [5.74, 6) is 1.11. The Balaban J connectivity index is 2.75. The van der Waals surface area contributed by atoms with Crippen LogP contribution in [-0.2, 0) is 9.53 Å². The molecule has 0 spiro atoms. The molecule has 1 fully saturated rings. The van der Waals surface area contributed by atoms with Gasteiger partial charge in [-0.1, -0.05) is 33.3 Å². The summed E-state index contributed by atoms with van der Waals surface area (Å²) in [5, 5.41) is 0. The van der Waals surface area contributed by atoms with Crippen LogP contribution in [-0.4, -0.2) is 11.6 Å². The number of carbonyl (C=O) groups is 1. The second-order valence-corrected chi connectivity index (χ2v) is 6.97. The lowest BCUT2D eigenvalue weighted by atomic mass is 9.74. The molecule has 2 nitrogen and oxygen atoms in total. The molecule has 0 aliphatic heterocycles. The highest BCUT2D eigenvalue weighted by molar-refractivity contribution is 5.76. The molecule has 0 N–H and O–H groups in total. The van der Waals surface area contributed by atoms with Gasteiger partial charge in [0.1, 0.15) is 5.60 Å². The zero-order valence-corrected chi connectivity index (χ0v) is 13.3. The van der Waals surface area contributed by atoms with Crippen LogP contribution in [0.3, 0.4) is 0 Å². The highest BCUT2D eigenvalue weighted by atomic mass is 16.6. The van der Waals surface area contributed by atoms with Crippen molar-refractivity contribution < 1.29 is 9.53 Å². The molecule has 1 atom stereocenters. The summed E-state index contributed by atoms with van der Waals surface area (Å²) in [4.78, 5) is 12.3. The molecule has 0 aromatic rings.